The standard InChI is InChI=1S/C11H22NO2/c1-5-11(13)14-10-8-9-12(4,6-2)7-3/h5H,1,6-10H2,2-4H3/q+1. The highest BCUT2D eigenvalue weighted by Crippen LogP contribution is 2.02. The van der Waals surface area contributed by atoms with E-state index in [1.54, 1.807) is 0 Å². The number of esters is 1. The minimum Gasteiger partial charge on any atom is -0.462 e. The molecule has 0 fully saturated rings. The van der Waals surface area contributed by atoms with Crippen molar-refractivity contribution < 1.29 is 14.0 Å². The number of ether oxygens (including phenoxy) is 1. The van der Waals surface area contributed by atoms with Gasteiger partial charge in [0.2, 0.25) is 0 Å². The Morgan fingerprint density at radius 1 is 1.43 bits per heavy atom. The van der Waals surface area contributed by atoms with E-state index in [0.29, 0.717) is 6.61 Å². The minimum absolute atomic E-state index is 0.327. The number of nitrogens with zero attached hydrogens (tertiary/aromatic N) is 1. The van der Waals surface area contributed by atoms with Crippen molar-refractivity contribution in [3.05, 3.63) is 12.7 Å². The maximum absolute atomic E-state index is 10.7. The molecule has 0 rings (SSSR count). The van der Waals surface area contributed by atoms with Crippen LogP contribution in [-0.2, 0) is 9.53 Å². The molecule has 0 bridgehead atoms. The summed E-state index contributed by atoms with van der Waals surface area (Å²) in [5.41, 5.74) is 0. The van der Waals surface area contributed by atoms with E-state index >= 15 is 0 Å². The molecule has 0 N–H and O–H groups in total. The van der Waals surface area contributed by atoms with Crippen LogP contribution in [-0.4, -0.2) is 43.7 Å². The third-order valence-corrected chi connectivity index (χ3v) is 2.78. The van der Waals surface area contributed by atoms with Crippen LogP contribution in [0.2, 0.25) is 0 Å². The van der Waals surface area contributed by atoms with E-state index in [4.69, 9.17) is 4.74 Å². The van der Waals surface area contributed by atoms with Gasteiger partial charge in [-0.25, -0.2) is 4.79 Å². The van der Waals surface area contributed by atoms with Gasteiger partial charge in [0.25, 0.3) is 0 Å². The van der Waals surface area contributed by atoms with E-state index in [2.05, 4.69) is 27.5 Å². The Bertz CT molecular complexity index is 186. The highest BCUT2D eigenvalue weighted by atomic mass is 16.5. The van der Waals surface area contributed by atoms with Gasteiger partial charge in [-0.2, -0.15) is 0 Å². The maximum Gasteiger partial charge on any atom is 0.330 e. The third kappa shape index (κ3) is 5.02. The van der Waals surface area contributed by atoms with Gasteiger partial charge in [0.1, 0.15) is 0 Å². The van der Waals surface area contributed by atoms with E-state index in [0.717, 1.165) is 30.5 Å². The summed E-state index contributed by atoms with van der Waals surface area (Å²) in [5, 5.41) is 0. The van der Waals surface area contributed by atoms with Crippen molar-refractivity contribution in [2.24, 2.45) is 0 Å². The summed E-state index contributed by atoms with van der Waals surface area (Å²) >= 11 is 0. The molecular weight excluding hydrogens is 178 g/mol. The molecule has 0 aromatic rings. The van der Waals surface area contributed by atoms with E-state index < -0.39 is 0 Å². The number of quaternary nitrogens is 1. The summed E-state index contributed by atoms with van der Waals surface area (Å²) in [6.07, 6.45) is 2.12. The largest absolute Gasteiger partial charge is 0.462 e. The molecule has 0 spiro atoms. The first-order chi connectivity index (χ1) is 6.58. The number of carbonyl (C=O) groups excluding carboxylic acids is 1. The average Bonchev–Trinajstić information content (AvgIpc) is 2.23. The van der Waals surface area contributed by atoms with Gasteiger partial charge in [0, 0.05) is 12.5 Å². The first kappa shape index (κ1) is 13.2. The third-order valence-electron chi connectivity index (χ3n) is 2.78. The number of carbonyl (C=O) groups is 1. The molecule has 0 radical (unpaired) electrons. The molecule has 0 atom stereocenters. The van der Waals surface area contributed by atoms with Crippen molar-refractivity contribution in [1.82, 2.24) is 0 Å². The molecule has 0 heterocycles. The van der Waals surface area contributed by atoms with Crippen LogP contribution in [0.25, 0.3) is 0 Å². The Kier molecular flexibility index (Phi) is 6.21. The first-order valence-corrected chi connectivity index (χ1v) is 5.20. The molecule has 0 saturated carbocycles. The second-order valence-corrected chi connectivity index (χ2v) is 3.70. The molecule has 0 aromatic heterocycles. The molecule has 82 valence electrons. The lowest BCUT2D eigenvalue weighted by atomic mass is 10.3. The summed E-state index contributed by atoms with van der Waals surface area (Å²) in [6.45, 7) is 11.5. The lowest BCUT2D eigenvalue weighted by molar-refractivity contribution is -0.906. The Morgan fingerprint density at radius 2 is 2.00 bits per heavy atom. The zero-order valence-corrected chi connectivity index (χ0v) is 9.58. The Labute approximate surface area is 86.9 Å². The van der Waals surface area contributed by atoms with Gasteiger partial charge in [-0.15, -0.1) is 0 Å². The monoisotopic (exact) mass is 200 g/mol. The van der Waals surface area contributed by atoms with Crippen molar-refractivity contribution in [2.75, 3.05) is 33.3 Å². The maximum atomic E-state index is 10.7. The zero-order chi connectivity index (χ0) is 11.0. The Hall–Kier alpha value is -0.830. The van der Waals surface area contributed by atoms with E-state index in [1.807, 2.05) is 0 Å². The fourth-order valence-corrected chi connectivity index (χ4v) is 1.22. The SMILES string of the molecule is C=CC(=O)OCCC[N+](C)(CC)CC. The molecule has 0 aliphatic rings. The van der Waals surface area contributed by atoms with Crippen molar-refractivity contribution >= 4 is 5.97 Å². The van der Waals surface area contributed by atoms with Crippen LogP contribution in [0.1, 0.15) is 20.3 Å². The van der Waals surface area contributed by atoms with Crippen LogP contribution in [0.3, 0.4) is 0 Å². The number of hydrogen-bond acceptors (Lipinski definition) is 2. The molecular formula is C11H22NO2+. The summed E-state index contributed by atoms with van der Waals surface area (Å²) in [4.78, 5) is 10.7. The normalized spacial score (nSPS) is 11.1. The fraction of sp³-hybridized carbons (Fsp3) is 0.727. The van der Waals surface area contributed by atoms with Crippen LogP contribution >= 0.6 is 0 Å². The predicted molar refractivity (Wildman–Crippen MR) is 57.9 cm³/mol. The quantitative estimate of drug-likeness (QED) is 0.270. The van der Waals surface area contributed by atoms with Gasteiger partial charge in [-0.1, -0.05) is 6.58 Å². The predicted octanol–water partition coefficient (Wildman–Crippen LogP) is 1.59. The van der Waals surface area contributed by atoms with Crippen molar-refractivity contribution in [1.29, 1.82) is 0 Å². The van der Waals surface area contributed by atoms with Crippen LogP contribution < -0.4 is 0 Å². The topological polar surface area (TPSA) is 26.3 Å². The fourth-order valence-electron chi connectivity index (χ4n) is 1.22. The van der Waals surface area contributed by atoms with Crippen LogP contribution in [0.15, 0.2) is 12.7 Å². The molecule has 0 unspecified atom stereocenters. The Morgan fingerprint density at radius 3 is 2.43 bits per heavy atom. The van der Waals surface area contributed by atoms with Crippen molar-refractivity contribution in [3.8, 4) is 0 Å². The molecule has 3 nitrogen and oxygen atoms in total. The zero-order valence-electron chi connectivity index (χ0n) is 9.58. The molecule has 14 heavy (non-hydrogen) atoms. The lowest BCUT2D eigenvalue weighted by Crippen LogP contribution is -2.44. The molecule has 0 saturated heterocycles. The second-order valence-electron chi connectivity index (χ2n) is 3.70. The number of hydrogen-bond donors (Lipinski definition) is 0. The van der Waals surface area contributed by atoms with Crippen molar-refractivity contribution in [3.63, 3.8) is 0 Å². The Balaban J connectivity index is 3.62. The van der Waals surface area contributed by atoms with Crippen molar-refractivity contribution in [2.45, 2.75) is 20.3 Å². The van der Waals surface area contributed by atoms with Gasteiger partial charge >= 0.3 is 5.97 Å². The smallest absolute Gasteiger partial charge is 0.330 e. The number of rotatable bonds is 7. The van der Waals surface area contributed by atoms with Gasteiger partial charge in [0.15, 0.2) is 0 Å². The summed E-state index contributed by atoms with van der Waals surface area (Å²) in [5.74, 6) is -0.327. The summed E-state index contributed by atoms with van der Waals surface area (Å²) in [7, 11) is 2.22. The lowest BCUT2D eigenvalue weighted by Gasteiger charge is -2.31. The second kappa shape index (κ2) is 6.60. The summed E-state index contributed by atoms with van der Waals surface area (Å²) in [6, 6.07) is 0. The van der Waals surface area contributed by atoms with Gasteiger partial charge in [-0.05, 0) is 13.8 Å². The van der Waals surface area contributed by atoms with Crippen LogP contribution in [0, 0.1) is 0 Å². The average molecular weight is 200 g/mol. The van der Waals surface area contributed by atoms with Gasteiger partial charge < -0.3 is 9.22 Å². The van der Waals surface area contributed by atoms with E-state index in [9.17, 15) is 4.79 Å². The molecule has 0 aromatic carbocycles. The van der Waals surface area contributed by atoms with Crippen LogP contribution in [0.5, 0.6) is 0 Å². The molecule has 0 amide bonds. The summed E-state index contributed by atoms with van der Waals surface area (Å²) < 4.78 is 5.94. The van der Waals surface area contributed by atoms with Crippen LogP contribution in [0.4, 0.5) is 0 Å². The van der Waals surface area contributed by atoms with E-state index in [-0.39, 0.29) is 5.97 Å². The molecule has 0 aliphatic heterocycles. The van der Waals surface area contributed by atoms with Gasteiger partial charge in [0.05, 0.1) is 33.3 Å². The minimum atomic E-state index is -0.327. The highest BCUT2D eigenvalue weighted by Gasteiger charge is 2.15. The molecule has 3 heteroatoms. The molecule has 0 aliphatic carbocycles. The highest BCUT2D eigenvalue weighted by molar-refractivity contribution is 5.81. The first-order valence-electron chi connectivity index (χ1n) is 5.20. The van der Waals surface area contributed by atoms with E-state index in [1.165, 1.54) is 6.08 Å². The van der Waals surface area contributed by atoms with Gasteiger partial charge in [-0.3, -0.25) is 0 Å².